The number of hydrogen-bond acceptors (Lipinski definition) is 4. The summed E-state index contributed by atoms with van der Waals surface area (Å²) in [5, 5.41) is 3.23. The van der Waals surface area contributed by atoms with Crippen LogP contribution in [0.4, 0.5) is 0 Å². The van der Waals surface area contributed by atoms with Crippen LogP contribution in [0.25, 0.3) is 0 Å². The standard InChI is InChI=1S/C15H25N3OS/c1-12-11-20-14(16-12)5-4-6-15(19)18-9-7-13(8-10-18)17(2)3/h11,13H,4-10H2,1-3H3. The smallest absolute Gasteiger partial charge is 0.222 e. The van der Waals surface area contributed by atoms with Crippen molar-refractivity contribution in [1.29, 1.82) is 0 Å². The van der Waals surface area contributed by atoms with Crippen LogP contribution in [0.2, 0.25) is 0 Å². The minimum Gasteiger partial charge on any atom is -0.343 e. The Balaban J connectivity index is 1.68. The van der Waals surface area contributed by atoms with E-state index in [1.165, 1.54) is 0 Å². The van der Waals surface area contributed by atoms with Gasteiger partial charge in [-0.3, -0.25) is 4.79 Å². The normalized spacial score (nSPS) is 16.9. The van der Waals surface area contributed by atoms with Gasteiger partial charge in [-0.25, -0.2) is 4.98 Å². The highest BCUT2D eigenvalue weighted by atomic mass is 32.1. The van der Waals surface area contributed by atoms with Crippen LogP contribution in [0.1, 0.15) is 36.4 Å². The number of thiazole rings is 1. The average Bonchev–Trinajstić information content (AvgIpc) is 2.84. The van der Waals surface area contributed by atoms with Gasteiger partial charge in [0.15, 0.2) is 0 Å². The van der Waals surface area contributed by atoms with E-state index in [4.69, 9.17) is 0 Å². The minimum absolute atomic E-state index is 0.315. The van der Waals surface area contributed by atoms with Crippen molar-refractivity contribution in [3.63, 3.8) is 0 Å². The van der Waals surface area contributed by atoms with Crippen LogP contribution < -0.4 is 0 Å². The topological polar surface area (TPSA) is 36.4 Å². The number of amides is 1. The van der Waals surface area contributed by atoms with E-state index < -0.39 is 0 Å². The summed E-state index contributed by atoms with van der Waals surface area (Å²) in [4.78, 5) is 20.9. The lowest BCUT2D eigenvalue weighted by Crippen LogP contribution is -2.44. The predicted octanol–water partition coefficient (Wildman–Crippen LogP) is 2.33. The Morgan fingerprint density at radius 3 is 2.70 bits per heavy atom. The summed E-state index contributed by atoms with van der Waals surface area (Å²) in [6, 6.07) is 0.636. The maximum absolute atomic E-state index is 12.2. The second kappa shape index (κ2) is 7.18. The monoisotopic (exact) mass is 295 g/mol. The molecule has 1 fully saturated rings. The molecule has 0 unspecified atom stereocenters. The minimum atomic E-state index is 0.315. The molecule has 0 radical (unpaired) electrons. The van der Waals surface area contributed by atoms with Gasteiger partial charge in [-0.2, -0.15) is 0 Å². The molecular formula is C15H25N3OS. The molecule has 2 rings (SSSR count). The summed E-state index contributed by atoms with van der Waals surface area (Å²) in [6.07, 6.45) is 4.71. The first-order valence-electron chi connectivity index (χ1n) is 7.41. The van der Waals surface area contributed by atoms with Gasteiger partial charge in [-0.1, -0.05) is 0 Å². The molecule has 0 atom stereocenters. The third-order valence-electron chi connectivity index (χ3n) is 4.00. The lowest BCUT2D eigenvalue weighted by atomic mass is 10.0. The third kappa shape index (κ3) is 4.28. The van der Waals surface area contributed by atoms with E-state index in [0.29, 0.717) is 18.4 Å². The van der Waals surface area contributed by atoms with Crippen molar-refractivity contribution in [2.45, 2.75) is 45.1 Å². The highest BCUT2D eigenvalue weighted by Crippen LogP contribution is 2.16. The van der Waals surface area contributed by atoms with Gasteiger partial charge < -0.3 is 9.80 Å². The van der Waals surface area contributed by atoms with E-state index in [0.717, 1.165) is 49.5 Å². The number of hydrogen-bond donors (Lipinski definition) is 0. The zero-order valence-corrected chi connectivity index (χ0v) is 13.6. The Labute approximate surface area is 125 Å². The molecule has 5 heteroatoms. The molecule has 2 heterocycles. The molecule has 1 saturated heterocycles. The Hall–Kier alpha value is -0.940. The Kier molecular flexibility index (Phi) is 5.54. The van der Waals surface area contributed by atoms with E-state index in [2.05, 4.69) is 29.4 Å². The number of carbonyl (C=O) groups is 1. The molecule has 0 saturated carbocycles. The first-order chi connectivity index (χ1) is 9.56. The SMILES string of the molecule is Cc1csc(CCCC(=O)N2CCC(N(C)C)CC2)n1. The van der Waals surface area contributed by atoms with E-state index in [1.807, 2.05) is 11.8 Å². The lowest BCUT2D eigenvalue weighted by molar-refractivity contribution is -0.132. The van der Waals surface area contributed by atoms with E-state index >= 15 is 0 Å². The quantitative estimate of drug-likeness (QED) is 0.836. The zero-order chi connectivity index (χ0) is 14.5. The fraction of sp³-hybridized carbons (Fsp3) is 0.733. The number of likely N-dealkylation sites (tertiary alicyclic amines) is 1. The summed E-state index contributed by atoms with van der Waals surface area (Å²) in [5.41, 5.74) is 1.09. The molecular weight excluding hydrogens is 270 g/mol. The van der Waals surface area contributed by atoms with Crippen LogP contribution in [0.3, 0.4) is 0 Å². The fourth-order valence-corrected chi connectivity index (χ4v) is 3.52. The highest BCUT2D eigenvalue weighted by Gasteiger charge is 2.23. The number of rotatable bonds is 5. The first-order valence-corrected chi connectivity index (χ1v) is 8.29. The molecule has 20 heavy (non-hydrogen) atoms. The van der Waals surface area contributed by atoms with Gasteiger partial charge >= 0.3 is 0 Å². The van der Waals surface area contributed by atoms with Gasteiger partial charge in [0.05, 0.1) is 5.01 Å². The van der Waals surface area contributed by atoms with Crippen molar-refractivity contribution < 1.29 is 4.79 Å². The molecule has 1 aliphatic heterocycles. The summed E-state index contributed by atoms with van der Waals surface area (Å²) in [6.45, 7) is 3.84. The highest BCUT2D eigenvalue weighted by molar-refractivity contribution is 7.09. The molecule has 112 valence electrons. The first kappa shape index (κ1) is 15.4. The van der Waals surface area contributed by atoms with Crippen LogP contribution in [-0.2, 0) is 11.2 Å². The van der Waals surface area contributed by atoms with Gasteiger partial charge in [0.1, 0.15) is 0 Å². The van der Waals surface area contributed by atoms with Crippen molar-refractivity contribution in [1.82, 2.24) is 14.8 Å². The van der Waals surface area contributed by atoms with Crippen molar-refractivity contribution in [3.8, 4) is 0 Å². The Morgan fingerprint density at radius 2 is 2.15 bits per heavy atom. The maximum atomic E-state index is 12.2. The van der Waals surface area contributed by atoms with Gasteiger partial charge in [-0.15, -0.1) is 11.3 Å². The molecule has 0 bridgehead atoms. The molecule has 0 aromatic carbocycles. The number of piperidine rings is 1. The molecule has 1 aromatic rings. The molecule has 0 N–H and O–H groups in total. The largest absolute Gasteiger partial charge is 0.343 e. The molecule has 4 nitrogen and oxygen atoms in total. The lowest BCUT2D eigenvalue weighted by Gasteiger charge is -2.35. The second-order valence-corrected chi connectivity index (χ2v) is 6.75. The number of aryl methyl sites for hydroxylation is 2. The summed E-state index contributed by atoms with van der Waals surface area (Å²) >= 11 is 1.70. The van der Waals surface area contributed by atoms with Gasteiger partial charge in [0.25, 0.3) is 0 Å². The summed E-state index contributed by atoms with van der Waals surface area (Å²) in [5.74, 6) is 0.315. The van der Waals surface area contributed by atoms with Crippen LogP contribution in [0.15, 0.2) is 5.38 Å². The van der Waals surface area contributed by atoms with E-state index in [1.54, 1.807) is 11.3 Å². The Morgan fingerprint density at radius 1 is 1.45 bits per heavy atom. The van der Waals surface area contributed by atoms with E-state index in [9.17, 15) is 4.79 Å². The Bertz CT molecular complexity index is 436. The van der Waals surface area contributed by atoms with Gasteiger partial charge in [0, 0.05) is 36.6 Å². The molecule has 1 aromatic heterocycles. The molecule has 1 amide bonds. The summed E-state index contributed by atoms with van der Waals surface area (Å²) in [7, 11) is 4.25. The predicted molar refractivity (Wildman–Crippen MR) is 83.1 cm³/mol. The van der Waals surface area contributed by atoms with Crippen LogP contribution >= 0.6 is 11.3 Å². The van der Waals surface area contributed by atoms with Crippen molar-refractivity contribution in [2.24, 2.45) is 0 Å². The van der Waals surface area contributed by atoms with Crippen molar-refractivity contribution in [3.05, 3.63) is 16.1 Å². The summed E-state index contributed by atoms with van der Waals surface area (Å²) < 4.78 is 0. The molecule has 0 aliphatic carbocycles. The van der Waals surface area contributed by atoms with Gasteiger partial charge in [0.2, 0.25) is 5.91 Å². The zero-order valence-electron chi connectivity index (χ0n) is 12.8. The average molecular weight is 295 g/mol. The second-order valence-electron chi connectivity index (χ2n) is 5.81. The molecule has 1 aliphatic rings. The van der Waals surface area contributed by atoms with Crippen LogP contribution in [0.5, 0.6) is 0 Å². The maximum Gasteiger partial charge on any atom is 0.222 e. The number of nitrogens with zero attached hydrogens (tertiary/aromatic N) is 3. The van der Waals surface area contributed by atoms with Crippen molar-refractivity contribution >= 4 is 17.2 Å². The number of aromatic nitrogens is 1. The van der Waals surface area contributed by atoms with Gasteiger partial charge in [-0.05, 0) is 46.7 Å². The van der Waals surface area contributed by atoms with Crippen LogP contribution in [0, 0.1) is 6.92 Å². The van der Waals surface area contributed by atoms with E-state index in [-0.39, 0.29) is 0 Å². The molecule has 0 spiro atoms. The third-order valence-corrected chi connectivity index (χ3v) is 5.02. The van der Waals surface area contributed by atoms with Crippen LogP contribution in [-0.4, -0.2) is 53.9 Å². The number of carbonyl (C=O) groups excluding carboxylic acids is 1. The van der Waals surface area contributed by atoms with Crippen molar-refractivity contribution in [2.75, 3.05) is 27.2 Å². The fourth-order valence-electron chi connectivity index (χ4n) is 2.70.